The third-order valence-corrected chi connectivity index (χ3v) is 3.62. The van der Waals surface area contributed by atoms with E-state index in [0.29, 0.717) is 24.2 Å². The first-order valence-electron chi connectivity index (χ1n) is 7.62. The first kappa shape index (κ1) is 16.4. The molecule has 1 amide bonds. The molecule has 1 atom stereocenters. The standard InChI is InChI=1S/C15H31N3O/c1-13(2)12-18(9-8-17(3)4)15(19)10-14-6-5-7-16-11-14/h13-14,16H,5-12H2,1-4H3. The minimum atomic E-state index is 0.337. The monoisotopic (exact) mass is 269 g/mol. The summed E-state index contributed by atoms with van der Waals surface area (Å²) in [5.74, 6) is 1.41. The second kappa shape index (κ2) is 8.54. The van der Waals surface area contributed by atoms with Gasteiger partial charge in [-0.1, -0.05) is 13.8 Å². The Morgan fingerprint density at radius 2 is 2.05 bits per heavy atom. The van der Waals surface area contributed by atoms with E-state index in [-0.39, 0.29) is 0 Å². The summed E-state index contributed by atoms with van der Waals surface area (Å²) >= 11 is 0. The van der Waals surface area contributed by atoms with E-state index < -0.39 is 0 Å². The lowest BCUT2D eigenvalue weighted by molar-refractivity contribution is -0.133. The Kier molecular flexibility index (Phi) is 7.39. The van der Waals surface area contributed by atoms with Crippen LogP contribution in [-0.2, 0) is 4.79 Å². The molecule has 0 aliphatic carbocycles. The van der Waals surface area contributed by atoms with Crippen molar-refractivity contribution in [2.75, 3.05) is 46.8 Å². The van der Waals surface area contributed by atoms with Crippen LogP contribution in [0.25, 0.3) is 0 Å². The number of likely N-dealkylation sites (N-methyl/N-ethyl adjacent to an activating group) is 1. The van der Waals surface area contributed by atoms with Crippen LogP contribution >= 0.6 is 0 Å². The molecular formula is C15H31N3O. The van der Waals surface area contributed by atoms with Gasteiger partial charge in [-0.3, -0.25) is 4.79 Å². The number of nitrogens with one attached hydrogen (secondary N) is 1. The normalized spacial score (nSPS) is 20.0. The molecular weight excluding hydrogens is 238 g/mol. The molecule has 1 unspecified atom stereocenters. The third-order valence-electron chi connectivity index (χ3n) is 3.62. The van der Waals surface area contributed by atoms with Crippen molar-refractivity contribution in [3.63, 3.8) is 0 Å². The van der Waals surface area contributed by atoms with E-state index in [1.54, 1.807) is 0 Å². The van der Waals surface area contributed by atoms with Crippen LogP contribution in [0.2, 0.25) is 0 Å². The van der Waals surface area contributed by atoms with E-state index >= 15 is 0 Å². The van der Waals surface area contributed by atoms with Gasteiger partial charge in [0.05, 0.1) is 0 Å². The number of piperidine rings is 1. The fourth-order valence-corrected chi connectivity index (χ4v) is 2.55. The van der Waals surface area contributed by atoms with Crippen molar-refractivity contribution in [1.82, 2.24) is 15.1 Å². The molecule has 0 bridgehead atoms. The SMILES string of the molecule is CC(C)CN(CCN(C)C)C(=O)CC1CCCNC1. The molecule has 4 heteroatoms. The van der Waals surface area contributed by atoms with Gasteiger partial charge in [0.25, 0.3) is 0 Å². The summed E-state index contributed by atoms with van der Waals surface area (Å²) in [5, 5.41) is 3.39. The van der Waals surface area contributed by atoms with Gasteiger partial charge in [0, 0.05) is 26.1 Å². The van der Waals surface area contributed by atoms with E-state index in [9.17, 15) is 4.79 Å². The number of rotatable bonds is 7. The lowest BCUT2D eigenvalue weighted by Gasteiger charge is -2.29. The van der Waals surface area contributed by atoms with E-state index in [2.05, 4.69) is 43.1 Å². The maximum Gasteiger partial charge on any atom is 0.222 e. The van der Waals surface area contributed by atoms with Crippen molar-refractivity contribution in [1.29, 1.82) is 0 Å². The summed E-state index contributed by atoms with van der Waals surface area (Å²) < 4.78 is 0. The second-order valence-electron chi connectivity index (χ2n) is 6.45. The molecule has 1 fully saturated rings. The van der Waals surface area contributed by atoms with Gasteiger partial charge in [-0.15, -0.1) is 0 Å². The highest BCUT2D eigenvalue weighted by molar-refractivity contribution is 5.76. The average Bonchev–Trinajstić information content (AvgIpc) is 2.35. The van der Waals surface area contributed by atoms with Gasteiger partial charge in [-0.2, -0.15) is 0 Å². The average molecular weight is 269 g/mol. The van der Waals surface area contributed by atoms with E-state index in [4.69, 9.17) is 0 Å². The highest BCUT2D eigenvalue weighted by atomic mass is 16.2. The predicted octanol–water partition coefficient (Wildman–Crippen LogP) is 1.42. The van der Waals surface area contributed by atoms with Gasteiger partial charge in [-0.05, 0) is 51.9 Å². The molecule has 112 valence electrons. The largest absolute Gasteiger partial charge is 0.341 e. The first-order valence-corrected chi connectivity index (χ1v) is 7.62. The highest BCUT2D eigenvalue weighted by Crippen LogP contribution is 2.16. The molecule has 0 aromatic carbocycles. The van der Waals surface area contributed by atoms with Gasteiger partial charge >= 0.3 is 0 Å². The van der Waals surface area contributed by atoms with Crippen LogP contribution in [0.5, 0.6) is 0 Å². The zero-order valence-corrected chi connectivity index (χ0v) is 13.1. The van der Waals surface area contributed by atoms with Crippen molar-refractivity contribution < 1.29 is 4.79 Å². The van der Waals surface area contributed by atoms with E-state index in [1.807, 2.05) is 0 Å². The van der Waals surface area contributed by atoms with Crippen molar-refractivity contribution in [3.8, 4) is 0 Å². The maximum absolute atomic E-state index is 12.4. The maximum atomic E-state index is 12.4. The molecule has 4 nitrogen and oxygen atoms in total. The minimum absolute atomic E-state index is 0.337. The van der Waals surface area contributed by atoms with Gasteiger partial charge in [-0.25, -0.2) is 0 Å². The van der Waals surface area contributed by atoms with Crippen molar-refractivity contribution in [2.24, 2.45) is 11.8 Å². The van der Waals surface area contributed by atoms with Crippen LogP contribution in [0.4, 0.5) is 0 Å². The fraction of sp³-hybridized carbons (Fsp3) is 0.933. The van der Waals surface area contributed by atoms with Crippen LogP contribution < -0.4 is 5.32 Å². The smallest absolute Gasteiger partial charge is 0.222 e. The molecule has 19 heavy (non-hydrogen) atoms. The van der Waals surface area contributed by atoms with E-state index in [0.717, 1.165) is 32.7 Å². The Hall–Kier alpha value is -0.610. The van der Waals surface area contributed by atoms with Crippen LogP contribution in [0.15, 0.2) is 0 Å². The van der Waals surface area contributed by atoms with Crippen molar-refractivity contribution >= 4 is 5.91 Å². The van der Waals surface area contributed by atoms with Crippen LogP contribution in [0.1, 0.15) is 33.1 Å². The molecule has 1 heterocycles. The molecule has 0 spiro atoms. The Bertz CT molecular complexity index is 260. The summed E-state index contributed by atoms with van der Waals surface area (Å²) in [6.45, 7) is 9.16. The van der Waals surface area contributed by atoms with E-state index in [1.165, 1.54) is 12.8 Å². The zero-order chi connectivity index (χ0) is 14.3. The second-order valence-corrected chi connectivity index (χ2v) is 6.45. The number of carbonyl (C=O) groups is 1. The molecule has 0 radical (unpaired) electrons. The van der Waals surface area contributed by atoms with Gasteiger partial charge in [0.2, 0.25) is 5.91 Å². The molecule has 1 saturated heterocycles. The van der Waals surface area contributed by atoms with Crippen molar-refractivity contribution in [2.45, 2.75) is 33.1 Å². The molecule has 1 aliphatic heterocycles. The molecule has 1 N–H and O–H groups in total. The molecule has 0 aromatic heterocycles. The lowest BCUT2D eigenvalue weighted by Crippen LogP contribution is -2.41. The summed E-state index contributed by atoms with van der Waals surface area (Å²) in [5.41, 5.74) is 0. The number of carbonyl (C=O) groups excluding carboxylic acids is 1. The topological polar surface area (TPSA) is 35.6 Å². The zero-order valence-electron chi connectivity index (χ0n) is 13.1. The highest BCUT2D eigenvalue weighted by Gasteiger charge is 2.21. The summed E-state index contributed by atoms with van der Waals surface area (Å²) in [7, 11) is 4.12. The van der Waals surface area contributed by atoms with Crippen LogP contribution in [0.3, 0.4) is 0 Å². The fourth-order valence-electron chi connectivity index (χ4n) is 2.55. The lowest BCUT2D eigenvalue weighted by atomic mass is 9.95. The summed E-state index contributed by atoms with van der Waals surface area (Å²) in [6.07, 6.45) is 3.12. The van der Waals surface area contributed by atoms with Gasteiger partial charge in [0.15, 0.2) is 0 Å². The molecule has 0 aromatic rings. The van der Waals surface area contributed by atoms with Crippen LogP contribution in [0, 0.1) is 11.8 Å². The molecule has 0 saturated carbocycles. The quantitative estimate of drug-likeness (QED) is 0.759. The number of nitrogens with zero attached hydrogens (tertiary/aromatic N) is 2. The Labute approximate surface area is 118 Å². The Morgan fingerprint density at radius 3 is 2.58 bits per heavy atom. The summed E-state index contributed by atoms with van der Waals surface area (Å²) in [4.78, 5) is 16.6. The number of hydrogen-bond acceptors (Lipinski definition) is 3. The Balaban J connectivity index is 2.44. The van der Waals surface area contributed by atoms with Crippen LogP contribution in [-0.4, -0.2) is 62.5 Å². The predicted molar refractivity (Wildman–Crippen MR) is 80.2 cm³/mol. The summed E-state index contributed by atoms with van der Waals surface area (Å²) in [6, 6.07) is 0. The molecule has 1 aliphatic rings. The minimum Gasteiger partial charge on any atom is -0.341 e. The Morgan fingerprint density at radius 1 is 1.32 bits per heavy atom. The van der Waals surface area contributed by atoms with Gasteiger partial charge in [0.1, 0.15) is 0 Å². The first-order chi connectivity index (χ1) is 8.99. The third kappa shape index (κ3) is 6.92. The number of amides is 1. The van der Waals surface area contributed by atoms with Gasteiger partial charge < -0.3 is 15.1 Å². The molecule has 1 rings (SSSR count). The van der Waals surface area contributed by atoms with Crippen molar-refractivity contribution in [3.05, 3.63) is 0 Å². The number of hydrogen-bond donors (Lipinski definition) is 1.